The number of sulfone groups is 1. The van der Waals surface area contributed by atoms with E-state index in [0.29, 0.717) is 17.9 Å². The number of ether oxygens (including phenoxy) is 2. The maximum absolute atomic E-state index is 12.9. The molecule has 3 rings (SSSR count). The Morgan fingerprint density at radius 2 is 1.41 bits per heavy atom. The Bertz CT molecular complexity index is 1030. The largest absolute Gasteiger partial charge is 0.489 e. The van der Waals surface area contributed by atoms with Crippen LogP contribution in [-0.2, 0) is 32.4 Å². The molecule has 1 atom stereocenters. The van der Waals surface area contributed by atoms with Crippen LogP contribution in [0.15, 0.2) is 89.8 Å². The van der Waals surface area contributed by atoms with Crippen LogP contribution in [0.1, 0.15) is 11.1 Å². The smallest absolute Gasteiger partial charge is 0.324 e. The van der Waals surface area contributed by atoms with E-state index < -0.39 is 21.1 Å². The van der Waals surface area contributed by atoms with Gasteiger partial charge >= 0.3 is 5.97 Å². The zero-order valence-corrected chi connectivity index (χ0v) is 16.8. The number of methoxy groups -OCH3 is 1. The molecular formula is C23H22O5S. The summed E-state index contributed by atoms with van der Waals surface area (Å²) in [5.41, 5.74) is 1.75. The van der Waals surface area contributed by atoms with Crippen molar-refractivity contribution in [3.8, 4) is 5.75 Å². The van der Waals surface area contributed by atoms with Gasteiger partial charge in [0.1, 0.15) is 12.4 Å². The second-order valence-electron chi connectivity index (χ2n) is 6.49. The molecule has 1 unspecified atom stereocenters. The van der Waals surface area contributed by atoms with Crippen LogP contribution in [0.5, 0.6) is 5.75 Å². The van der Waals surface area contributed by atoms with Crippen LogP contribution in [0.25, 0.3) is 0 Å². The quantitative estimate of drug-likeness (QED) is 0.528. The molecule has 0 aliphatic heterocycles. The van der Waals surface area contributed by atoms with E-state index in [0.717, 1.165) is 5.56 Å². The Hall–Kier alpha value is -3.12. The minimum Gasteiger partial charge on any atom is -0.489 e. The second kappa shape index (κ2) is 9.39. The molecule has 3 aromatic rings. The molecule has 0 N–H and O–H groups in total. The summed E-state index contributed by atoms with van der Waals surface area (Å²) >= 11 is 0. The molecule has 0 saturated carbocycles. The molecule has 0 aliphatic carbocycles. The van der Waals surface area contributed by atoms with Crippen LogP contribution in [0.2, 0.25) is 0 Å². The van der Waals surface area contributed by atoms with E-state index in [1.54, 1.807) is 42.5 Å². The van der Waals surface area contributed by atoms with E-state index in [1.807, 2.05) is 30.3 Å². The number of carbonyl (C=O) groups is 1. The van der Waals surface area contributed by atoms with Gasteiger partial charge in [-0.1, -0.05) is 60.7 Å². The Kier molecular flexibility index (Phi) is 6.67. The van der Waals surface area contributed by atoms with Crippen molar-refractivity contribution in [1.82, 2.24) is 0 Å². The lowest BCUT2D eigenvalue weighted by molar-refractivity contribution is -0.140. The minimum absolute atomic E-state index is 0.0167. The van der Waals surface area contributed by atoms with Gasteiger partial charge in [-0.25, -0.2) is 8.42 Å². The lowest BCUT2D eigenvalue weighted by Crippen LogP contribution is -2.33. The van der Waals surface area contributed by atoms with E-state index in [2.05, 4.69) is 0 Å². The molecule has 0 spiro atoms. The third kappa shape index (κ3) is 5.23. The Morgan fingerprint density at radius 1 is 0.828 bits per heavy atom. The maximum atomic E-state index is 12.9. The first kappa shape index (κ1) is 20.6. The van der Waals surface area contributed by atoms with Crippen LogP contribution in [0.3, 0.4) is 0 Å². The van der Waals surface area contributed by atoms with Crippen LogP contribution in [-0.4, -0.2) is 26.7 Å². The normalized spacial score (nSPS) is 12.2. The molecule has 0 heterocycles. The summed E-state index contributed by atoms with van der Waals surface area (Å²) < 4.78 is 36.4. The van der Waals surface area contributed by atoms with E-state index in [9.17, 15) is 13.2 Å². The maximum Gasteiger partial charge on any atom is 0.324 e. The molecule has 0 bridgehead atoms. The fourth-order valence-corrected chi connectivity index (χ4v) is 4.53. The van der Waals surface area contributed by atoms with Gasteiger partial charge in [-0.05, 0) is 35.4 Å². The van der Waals surface area contributed by atoms with Crippen LogP contribution in [0.4, 0.5) is 0 Å². The lowest BCUT2D eigenvalue weighted by Gasteiger charge is -2.16. The van der Waals surface area contributed by atoms with E-state index in [-0.39, 0.29) is 11.3 Å². The molecule has 3 aromatic carbocycles. The van der Waals surface area contributed by atoms with Crippen molar-refractivity contribution < 1.29 is 22.7 Å². The number of rotatable bonds is 8. The summed E-state index contributed by atoms with van der Waals surface area (Å²) in [6, 6.07) is 24.8. The Balaban J connectivity index is 1.74. The topological polar surface area (TPSA) is 69.7 Å². The van der Waals surface area contributed by atoms with Crippen LogP contribution < -0.4 is 4.74 Å². The van der Waals surface area contributed by atoms with Gasteiger partial charge in [0.15, 0.2) is 15.1 Å². The second-order valence-corrected chi connectivity index (χ2v) is 8.62. The summed E-state index contributed by atoms with van der Waals surface area (Å²) in [5.74, 6) is -0.114. The highest BCUT2D eigenvalue weighted by Crippen LogP contribution is 2.22. The van der Waals surface area contributed by atoms with Crippen molar-refractivity contribution >= 4 is 15.8 Å². The third-order valence-electron chi connectivity index (χ3n) is 4.50. The minimum atomic E-state index is -3.87. The summed E-state index contributed by atoms with van der Waals surface area (Å²) in [7, 11) is -2.68. The van der Waals surface area contributed by atoms with Crippen LogP contribution in [0, 0.1) is 0 Å². The van der Waals surface area contributed by atoms with Crippen molar-refractivity contribution in [2.75, 3.05) is 7.11 Å². The first-order valence-corrected chi connectivity index (χ1v) is 10.7. The third-order valence-corrected chi connectivity index (χ3v) is 6.54. The molecule has 5 nitrogen and oxygen atoms in total. The highest BCUT2D eigenvalue weighted by atomic mass is 32.2. The lowest BCUT2D eigenvalue weighted by atomic mass is 10.1. The number of hydrogen-bond donors (Lipinski definition) is 0. The molecule has 29 heavy (non-hydrogen) atoms. The SMILES string of the molecule is COC(=O)C(Cc1ccc(OCc2ccccc2)cc1)S(=O)(=O)c1ccccc1. The van der Waals surface area contributed by atoms with Crippen molar-refractivity contribution in [2.45, 2.75) is 23.2 Å². The molecule has 6 heteroatoms. The molecular weight excluding hydrogens is 388 g/mol. The molecule has 0 fully saturated rings. The highest BCUT2D eigenvalue weighted by Gasteiger charge is 2.35. The summed E-state index contributed by atoms with van der Waals surface area (Å²) in [4.78, 5) is 12.3. The molecule has 0 saturated heterocycles. The fraction of sp³-hybridized carbons (Fsp3) is 0.174. The van der Waals surface area contributed by atoms with Crippen molar-refractivity contribution in [3.63, 3.8) is 0 Å². The predicted octanol–water partition coefficient (Wildman–Crippen LogP) is 3.82. The first-order valence-electron chi connectivity index (χ1n) is 9.13. The zero-order valence-electron chi connectivity index (χ0n) is 16.0. The van der Waals surface area contributed by atoms with Crippen molar-refractivity contribution in [1.29, 1.82) is 0 Å². The van der Waals surface area contributed by atoms with Gasteiger partial charge in [-0.15, -0.1) is 0 Å². The fourth-order valence-electron chi connectivity index (χ4n) is 2.90. The monoisotopic (exact) mass is 410 g/mol. The standard InChI is InChI=1S/C23H22O5S/c1-27-23(24)22(29(25,26)21-10-6-3-7-11-21)16-18-12-14-20(15-13-18)28-17-19-8-4-2-5-9-19/h2-15,22H,16-17H2,1H3. The predicted molar refractivity (Wildman–Crippen MR) is 110 cm³/mol. The van der Waals surface area contributed by atoms with Gasteiger partial charge in [-0.3, -0.25) is 4.79 Å². The number of benzene rings is 3. The number of esters is 1. The van der Waals surface area contributed by atoms with Gasteiger partial charge in [-0.2, -0.15) is 0 Å². The molecule has 0 amide bonds. The van der Waals surface area contributed by atoms with Gasteiger partial charge in [0.05, 0.1) is 12.0 Å². The van der Waals surface area contributed by atoms with Gasteiger partial charge in [0, 0.05) is 6.42 Å². The van der Waals surface area contributed by atoms with Crippen LogP contribution >= 0.6 is 0 Å². The highest BCUT2D eigenvalue weighted by molar-refractivity contribution is 7.92. The number of hydrogen-bond acceptors (Lipinski definition) is 5. The first-order chi connectivity index (χ1) is 14.0. The molecule has 0 aliphatic rings. The molecule has 150 valence electrons. The average Bonchev–Trinajstić information content (AvgIpc) is 2.77. The molecule has 0 radical (unpaired) electrons. The Morgan fingerprint density at radius 3 is 2.00 bits per heavy atom. The summed E-state index contributed by atoms with van der Waals surface area (Å²) in [6.07, 6.45) is 0.0167. The average molecular weight is 410 g/mol. The zero-order chi connectivity index (χ0) is 20.7. The van der Waals surface area contributed by atoms with Crippen molar-refractivity contribution in [3.05, 3.63) is 96.1 Å². The van der Waals surface area contributed by atoms with E-state index >= 15 is 0 Å². The summed E-state index contributed by atoms with van der Waals surface area (Å²) in [6.45, 7) is 0.438. The molecule has 0 aromatic heterocycles. The summed E-state index contributed by atoms with van der Waals surface area (Å²) in [5, 5.41) is -1.31. The van der Waals surface area contributed by atoms with E-state index in [1.165, 1.54) is 19.2 Å². The van der Waals surface area contributed by atoms with E-state index in [4.69, 9.17) is 9.47 Å². The van der Waals surface area contributed by atoms with Gasteiger partial charge in [0.2, 0.25) is 0 Å². The van der Waals surface area contributed by atoms with Crippen molar-refractivity contribution in [2.24, 2.45) is 0 Å². The van der Waals surface area contributed by atoms with Gasteiger partial charge < -0.3 is 9.47 Å². The van der Waals surface area contributed by atoms with Gasteiger partial charge in [0.25, 0.3) is 0 Å². The number of carbonyl (C=O) groups excluding carboxylic acids is 1. The Labute approximate surface area is 170 Å².